The molecule has 0 aliphatic carbocycles. The van der Waals surface area contributed by atoms with Crippen molar-refractivity contribution in [2.75, 3.05) is 16.8 Å². The van der Waals surface area contributed by atoms with E-state index in [0.29, 0.717) is 18.0 Å². The SMILES string of the molecule is CCCCCCCN(C(=O)Nc1ccccc1)c1c(CC)cccc1OC(C)C(C)C(=O)O. The third-order valence-electron chi connectivity index (χ3n) is 5.90. The largest absolute Gasteiger partial charge is 0.488 e. The highest BCUT2D eigenvalue weighted by Crippen LogP contribution is 2.35. The van der Waals surface area contributed by atoms with Crippen LogP contribution in [0.5, 0.6) is 5.75 Å². The van der Waals surface area contributed by atoms with Crippen molar-refractivity contribution in [3.8, 4) is 5.75 Å². The first-order chi connectivity index (χ1) is 15.9. The average Bonchev–Trinajstić information content (AvgIpc) is 2.81. The number of nitrogens with zero attached hydrogens (tertiary/aromatic N) is 1. The molecule has 2 aromatic rings. The summed E-state index contributed by atoms with van der Waals surface area (Å²) in [7, 11) is 0. The van der Waals surface area contributed by atoms with E-state index in [2.05, 4.69) is 12.2 Å². The molecule has 6 nitrogen and oxygen atoms in total. The van der Waals surface area contributed by atoms with E-state index in [4.69, 9.17) is 4.74 Å². The highest BCUT2D eigenvalue weighted by atomic mass is 16.5. The van der Waals surface area contributed by atoms with Crippen LogP contribution in [0.2, 0.25) is 0 Å². The summed E-state index contributed by atoms with van der Waals surface area (Å²) in [5, 5.41) is 12.4. The van der Waals surface area contributed by atoms with Crippen LogP contribution in [0.3, 0.4) is 0 Å². The van der Waals surface area contributed by atoms with Crippen LogP contribution in [-0.2, 0) is 11.2 Å². The molecule has 2 amide bonds. The predicted octanol–water partition coefficient (Wildman–Crippen LogP) is 6.75. The fraction of sp³-hybridized carbons (Fsp3) is 0.481. The van der Waals surface area contributed by atoms with Gasteiger partial charge in [0.1, 0.15) is 11.9 Å². The van der Waals surface area contributed by atoms with Crippen molar-refractivity contribution in [3.05, 3.63) is 54.1 Å². The third-order valence-corrected chi connectivity index (χ3v) is 5.90. The Hall–Kier alpha value is -3.02. The molecule has 2 atom stereocenters. The monoisotopic (exact) mass is 454 g/mol. The van der Waals surface area contributed by atoms with Crippen LogP contribution >= 0.6 is 0 Å². The lowest BCUT2D eigenvalue weighted by Gasteiger charge is -2.29. The van der Waals surface area contributed by atoms with Gasteiger partial charge in [0.15, 0.2) is 0 Å². The molecule has 2 rings (SSSR count). The zero-order valence-electron chi connectivity index (χ0n) is 20.3. The Morgan fingerprint density at radius 2 is 1.67 bits per heavy atom. The van der Waals surface area contributed by atoms with Crippen molar-refractivity contribution in [2.24, 2.45) is 5.92 Å². The number of hydrogen-bond donors (Lipinski definition) is 2. The van der Waals surface area contributed by atoms with E-state index in [1.54, 1.807) is 18.7 Å². The standard InChI is InChI=1S/C27H38N2O4/c1-5-7-8-9-13-19-29(27(32)28-23-16-11-10-12-17-23)25-22(6-2)15-14-18-24(25)33-21(4)20(3)26(30)31/h10-12,14-18,20-21H,5-9,13,19H2,1-4H3,(H,28,32)(H,30,31). The second-order valence-corrected chi connectivity index (χ2v) is 8.43. The van der Waals surface area contributed by atoms with Gasteiger partial charge in [-0.2, -0.15) is 0 Å². The summed E-state index contributed by atoms with van der Waals surface area (Å²) in [6.07, 6.45) is 5.57. The van der Waals surface area contributed by atoms with Crippen molar-refractivity contribution in [3.63, 3.8) is 0 Å². The number of rotatable bonds is 13. The Kier molecular flexibility index (Phi) is 10.7. The van der Waals surface area contributed by atoms with Crippen molar-refractivity contribution in [2.45, 2.75) is 72.3 Å². The number of carbonyl (C=O) groups is 2. The number of carboxylic acid groups (broad SMARTS) is 1. The first kappa shape index (κ1) is 26.2. The molecule has 0 aliphatic heterocycles. The van der Waals surface area contributed by atoms with Gasteiger partial charge in [0.25, 0.3) is 0 Å². The molecule has 180 valence electrons. The molecular weight excluding hydrogens is 416 g/mol. The molecule has 0 saturated carbocycles. The lowest BCUT2D eigenvalue weighted by Crippen LogP contribution is -2.37. The number of carbonyl (C=O) groups excluding carboxylic acids is 1. The number of anilines is 2. The molecule has 0 spiro atoms. The van der Waals surface area contributed by atoms with Gasteiger partial charge in [-0.05, 0) is 50.5 Å². The molecule has 2 N–H and O–H groups in total. The molecule has 0 saturated heterocycles. The maximum atomic E-state index is 13.4. The van der Waals surface area contributed by atoms with E-state index in [0.717, 1.165) is 43.4 Å². The van der Waals surface area contributed by atoms with E-state index in [-0.39, 0.29) is 6.03 Å². The Morgan fingerprint density at radius 1 is 0.970 bits per heavy atom. The van der Waals surface area contributed by atoms with E-state index < -0.39 is 18.0 Å². The van der Waals surface area contributed by atoms with Gasteiger partial charge in [0.2, 0.25) is 0 Å². The summed E-state index contributed by atoms with van der Waals surface area (Å²) in [6, 6.07) is 14.9. The number of para-hydroxylation sites is 2. The molecule has 0 bridgehead atoms. The van der Waals surface area contributed by atoms with Crippen LogP contribution < -0.4 is 15.0 Å². The van der Waals surface area contributed by atoms with E-state index >= 15 is 0 Å². The minimum Gasteiger partial charge on any atom is -0.488 e. The highest BCUT2D eigenvalue weighted by molar-refractivity contribution is 6.03. The smallest absolute Gasteiger partial charge is 0.326 e. The number of urea groups is 1. The van der Waals surface area contributed by atoms with Gasteiger partial charge < -0.3 is 15.2 Å². The van der Waals surface area contributed by atoms with Crippen LogP contribution in [0, 0.1) is 5.92 Å². The zero-order valence-corrected chi connectivity index (χ0v) is 20.3. The number of unbranched alkanes of at least 4 members (excludes halogenated alkanes) is 4. The Morgan fingerprint density at radius 3 is 2.30 bits per heavy atom. The fourth-order valence-corrected chi connectivity index (χ4v) is 3.66. The quantitative estimate of drug-likeness (QED) is 0.328. The number of nitrogens with one attached hydrogen (secondary N) is 1. The van der Waals surface area contributed by atoms with E-state index in [1.165, 1.54) is 6.42 Å². The molecule has 0 radical (unpaired) electrons. The second-order valence-electron chi connectivity index (χ2n) is 8.43. The van der Waals surface area contributed by atoms with Crippen LogP contribution in [0.4, 0.5) is 16.2 Å². The number of carboxylic acids is 1. The summed E-state index contributed by atoms with van der Waals surface area (Å²) in [5.41, 5.74) is 2.43. The minimum absolute atomic E-state index is 0.221. The molecule has 0 fully saturated rings. The molecule has 2 unspecified atom stereocenters. The Bertz CT molecular complexity index is 885. The maximum absolute atomic E-state index is 13.4. The lowest BCUT2D eigenvalue weighted by atomic mass is 10.1. The van der Waals surface area contributed by atoms with Gasteiger partial charge in [-0.3, -0.25) is 9.69 Å². The number of aryl methyl sites for hydroxylation is 1. The molecule has 0 heterocycles. The fourth-order valence-electron chi connectivity index (χ4n) is 3.66. The highest BCUT2D eigenvalue weighted by Gasteiger charge is 2.26. The molecular formula is C27H38N2O4. The van der Waals surface area contributed by atoms with Crippen LogP contribution in [0.1, 0.15) is 65.4 Å². The van der Waals surface area contributed by atoms with Gasteiger partial charge in [-0.25, -0.2) is 4.79 Å². The van der Waals surface area contributed by atoms with Crippen molar-refractivity contribution >= 4 is 23.4 Å². The number of ether oxygens (including phenoxy) is 1. The minimum atomic E-state index is -0.912. The molecule has 0 aromatic heterocycles. The van der Waals surface area contributed by atoms with Gasteiger partial charge in [-0.15, -0.1) is 0 Å². The number of amides is 2. The Labute approximate surface area is 198 Å². The molecule has 0 aliphatic rings. The topological polar surface area (TPSA) is 78.9 Å². The van der Waals surface area contributed by atoms with Crippen molar-refractivity contribution in [1.29, 1.82) is 0 Å². The maximum Gasteiger partial charge on any atom is 0.326 e. The zero-order chi connectivity index (χ0) is 24.2. The number of aliphatic carboxylic acids is 1. The van der Waals surface area contributed by atoms with E-state index in [1.807, 2.05) is 55.5 Å². The number of benzene rings is 2. The van der Waals surface area contributed by atoms with Gasteiger partial charge in [-0.1, -0.05) is 69.9 Å². The predicted molar refractivity (Wildman–Crippen MR) is 134 cm³/mol. The summed E-state index contributed by atoms with van der Waals surface area (Å²) >= 11 is 0. The van der Waals surface area contributed by atoms with Gasteiger partial charge in [0, 0.05) is 12.2 Å². The average molecular weight is 455 g/mol. The summed E-state index contributed by atoms with van der Waals surface area (Å²) < 4.78 is 6.13. The molecule has 2 aromatic carbocycles. The van der Waals surface area contributed by atoms with Gasteiger partial charge >= 0.3 is 12.0 Å². The van der Waals surface area contributed by atoms with Crippen LogP contribution in [-0.4, -0.2) is 29.8 Å². The molecule has 33 heavy (non-hydrogen) atoms. The second kappa shape index (κ2) is 13.5. The number of hydrogen-bond acceptors (Lipinski definition) is 3. The normalized spacial score (nSPS) is 12.6. The summed E-state index contributed by atoms with van der Waals surface area (Å²) in [6.45, 7) is 8.16. The van der Waals surface area contributed by atoms with Crippen molar-refractivity contribution < 1.29 is 19.4 Å². The van der Waals surface area contributed by atoms with E-state index in [9.17, 15) is 14.7 Å². The first-order valence-corrected chi connectivity index (χ1v) is 12.0. The van der Waals surface area contributed by atoms with Crippen LogP contribution in [0.15, 0.2) is 48.5 Å². The Balaban J connectivity index is 2.37. The van der Waals surface area contributed by atoms with Crippen molar-refractivity contribution in [1.82, 2.24) is 0 Å². The van der Waals surface area contributed by atoms with Gasteiger partial charge in [0.05, 0.1) is 11.6 Å². The summed E-state index contributed by atoms with van der Waals surface area (Å²) in [5.74, 6) is -1.05. The third kappa shape index (κ3) is 7.81. The molecule has 6 heteroatoms. The summed E-state index contributed by atoms with van der Waals surface area (Å²) in [4.78, 5) is 26.7. The van der Waals surface area contributed by atoms with Crippen LogP contribution in [0.25, 0.3) is 0 Å². The first-order valence-electron chi connectivity index (χ1n) is 12.0. The lowest BCUT2D eigenvalue weighted by molar-refractivity contribution is -0.143.